The van der Waals surface area contributed by atoms with Crippen LogP contribution in [0.15, 0.2) is 66.7 Å². The molecule has 0 aromatic heterocycles. The van der Waals surface area contributed by atoms with Crippen molar-refractivity contribution in [1.82, 2.24) is 0 Å². The first kappa shape index (κ1) is 19.9. The second-order valence-electron chi connectivity index (χ2n) is 6.10. The summed E-state index contributed by atoms with van der Waals surface area (Å²) in [4.78, 5) is 24.9. The van der Waals surface area contributed by atoms with E-state index in [1.54, 1.807) is 42.5 Å². The smallest absolute Gasteiger partial charge is 0.255 e. The van der Waals surface area contributed by atoms with Crippen LogP contribution in [0.3, 0.4) is 0 Å². The first-order chi connectivity index (χ1) is 14.0. The van der Waals surface area contributed by atoms with Gasteiger partial charge in [-0.2, -0.15) is 0 Å². The Labute approximate surface area is 167 Å². The Morgan fingerprint density at radius 2 is 1.31 bits per heavy atom. The van der Waals surface area contributed by atoms with Crippen LogP contribution in [0.1, 0.15) is 20.7 Å². The summed E-state index contributed by atoms with van der Waals surface area (Å²) in [5.41, 5.74) is 1.61. The number of hydrogen-bond donors (Lipinski definition) is 2. The summed E-state index contributed by atoms with van der Waals surface area (Å²) in [6.07, 6.45) is 0. The SMILES string of the molecule is COc1cc(NC(=O)c2cccc(NC(=O)c3ccc(F)cc3)c2)cc(OC)c1. The molecule has 0 heterocycles. The number of halogens is 1. The number of hydrogen-bond acceptors (Lipinski definition) is 4. The van der Waals surface area contributed by atoms with Gasteiger partial charge in [-0.1, -0.05) is 6.07 Å². The van der Waals surface area contributed by atoms with Crippen molar-refractivity contribution in [3.05, 3.63) is 83.7 Å². The average Bonchev–Trinajstić information content (AvgIpc) is 2.74. The number of anilines is 2. The Kier molecular flexibility index (Phi) is 6.09. The second-order valence-corrected chi connectivity index (χ2v) is 6.10. The van der Waals surface area contributed by atoms with Crippen molar-refractivity contribution in [3.8, 4) is 11.5 Å². The molecule has 0 bridgehead atoms. The topological polar surface area (TPSA) is 76.7 Å². The van der Waals surface area contributed by atoms with Crippen LogP contribution in [0.2, 0.25) is 0 Å². The standard InChI is InChI=1S/C22H19FN2O4/c1-28-19-11-18(12-20(13-19)29-2)25-22(27)15-4-3-5-17(10-15)24-21(26)14-6-8-16(23)9-7-14/h3-13H,1-2H3,(H,24,26)(H,25,27). The molecule has 0 saturated carbocycles. The number of ether oxygens (including phenoxy) is 2. The van der Waals surface area contributed by atoms with Crippen molar-refractivity contribution in [2.75, 3.05) is 24.9 Å². The lowest BCUT2D eigenvalue weighted by Gasteiger charge is -2.11. The fourth-order valence-corrected chi connectivity index (χ4v) is 2.63. The molecule has 29 heavy (non-hydrogen) atoms. The van der Waals surface area contributed by atoms with E-state index in [0.29, 0.717) is 34.0 Å². The van der Waals surface area contributed by atoms with Gasteiger partial charge in [0.05, 0.1) is 14.2 Å². The molecule has 0 spiro atoms. The number of carbonyl (C=O) groups excluding carboxylic acids is 2. The van der Waals surface area contributed by atoms with E-state index in [1.807, 2.05) is 0 Å². The van der Waals surface area contributed by atoms with E-state index in [4.69, 9.17) is 9.47 Å². The average molecular weight is 394 g/mol. The summed E-state index contributed by atoms with van der Waals surface area (Å²) in [5, 5.41) is 5.46. The first-order valence-corrected chi connectivity index (χ1v) is 8.70. The Hall–Kier alpha value is -3.87. The maximum atomic E-state index is 13.0. The molecule has 0 aliphatic heterocycles. The van der Waals surface area contributed by atoms with E-state index >= 15 is 0 Å². The number of carbonyl (C=O) groups is 2. The molecule has 0 aliphatic rings. The highest BCUT2D eigenvalue weighted by atomic mass is 19.1. The molecule has 148 valence electrons. The van der Waals surface area contributed by atoms with Gasteiger partial charge in [0.15, 0.2) is 0 Å². The van der Waals surface area contributed by atoms with E-state index in [2.05, 4.69) is 10.6 Å². The lowest BCUT2D eigenvalue weighted by Crippen LogP contribution is -2.14. The number of benzene rings is 3. The normalized spacial score (nSPS) is 10.2. The molecule has 2 N–H and O–H groups in total. The Bertz CT molecular complexity index is 1010. The monoisotopic (exact) mass is 394 g/mol. The molecule has 0 saturated heterocycles. The van der Waals surface area contributed by atoms with Gasteiger partial charge >= 0.3 is 0 Å². The summed E-state index contributed by atoms with van der Waals surface area (Å²) in [7, 11) is 3.04. The van der Waals surface area contributed by atoms with Crippen LogP contribution in [0.25, 0.3) is 0 Å². The third kappa shape index (κ3) is 5.10. The highest BCUT2D eigenvalue weighted by Crippen LogP contribution is 2.26. The molecular weight excluding hydrogens is 375 g/mol. The van der Waals surface area contributed by atoms with Gasteiger partial charge < -0.3 is 20.1 Å². The van der Waals surface area contributed by atoms with E-state index in [1.165, 1.54) is 38.5 Å². The summed E-state index contributed by atoms with van der Waals surface area (Å²) in [6.45, 7) is 0. The van der Waals surface area contributed by atoms with Gasteiger partial charge in [-0.05, 0) is 42.5 Å². The predicted octanol–water partition coefficient (Wildman–Crippen LogP) is 4.35. The summed E-state index contributed by atoms with van der Waals surface area (Å²) in [5.74, 6) is -0.104. The van der Waals surface area contributed by atoms with Gasteiger partial charge in [0, 0.05) is 40.7 Å². The predicted molar refractivity (Wildman–Crippen MR) is 108 cm³/mol. The maximum Gasteiger partial charge on any atom is 0.255 e. The zero-order valence-corrected chi connectivity index (χ0v) is 15.9. The molecule has 0 radical (unpaired) electrons. The third-order valence-corrected chi connectivity index (χ3v) is 4.10. The zero-order valence-electron chi connectivity index (χ0n) is 15.9. The van der Waals surface area contributed by atoms with Crippen LogP contribution in [0.5, 0.6) is 11.5 Å². The van der Waals surface area contributed by atoms with Crippen molar-refractivity contribution >= 4 is 23.2 Å². The van der Waals surface area contributed by atoms with Crippen LogP contribution in [0, 0.1) is 5.82 Å². The molecule has 2 amide bonds. The van der Waals surface area contributed by atoms with Crippen LogP contribution in [-0.4, -0.2) is 26.0 Å². The van der Waals surface area contributed by atoms with Crippen molar-refractivity contribution in [3.63, 3.8) is 0 Å². The van der Waals surface area contributed by atoms with Gasteiger partial charge in [0.1, 0.15) is 17.3 Å². The number of nitrogens with one attached hydrogen (secondary N) is 2. The van der Waals surface area contributed by atoms with Gasteiger partial charge in [-0.25, -0.2) is 4.39 Å². The van der Waals surface area contributed by atoms with Crippen LogP contribution in [0.4, 0.5) is 15.8 Å². The molecule has 3 aromatic carbocycles. The van der Waals surface area contributed by atoms with E-state index < -0.39 is 11.7 Å². The van der Waals surface area contributed by atoms with Crippen LogP contribution >= 0.6 is 0 Å². The molecular formula is C22H19FN2O4. The van der Waals surface area contributed by atoms with Gasteiger partial charge in [0.25, 0.3) is 11.8 Å². The largest absolute Gasteiger partial charge is 0.497 e. The van der Waals surface area contributed by atoms with Crippen molar-refractivity contribution in [1.29, 1.82) is 0 Å². The number of methoxy groups -OCH3 is 2. The fraction of sp³-hybridized carbons (Fsp3) is 0.0909. The minimum absolute atomic E-state index is 0.310. The lowest BCUT2D eigenvalue weighted by molar-refractivity contribution is 0.101. The summed E-state index contributed by atoms with van der Waals surface area (Å²) < 4.78 is 23.4. The minimum atomic E-state index is -0.422. The van der Waals surface area contributed by atoms with Crippen molar-refractivity contribution < 1.29 is 23.5 Å². The molecule has 0 unspecified atom stereocenters. The van der Waals surface area contributed by atoms with Crippen LogP contribution in [-0.2, 0) is 0 Å². The van der Waals surface area contributed by atoms with Gasteiger partial charge in [-0.3, -0.25) is 9.59 Å². The second kappa shape index (κ2) is 8.88. The maximum absolute atomic E-state index is 13.0. The number of rotatable bonds is 6. The Morgan fingerprint density at radius 1 is 0.724 bits per heavy atom. The Balaban J connectivity index is 1.74. The van der Waals surface area contributed by atoms with Gasteiger partial charge in [-0.15, -0.1) is 0 Å². The van der Waals surface area contributed by atoms with Gasteiger partial charge in [0.2, 0.25) is 0 Å². The molecule has 0 fully saturated rings. The quantitative estimate of drug-likeness (QED) is 0.652. The van der Waals surface area contributed by atoms with E-state index in [9.17, 15) is 14.0 Å². The number of amides is 2. The molecule has 0 aliphatic carbocycles. The van der Waals surface area contributed by atoms with Crippen LogP contribution < -0.4 is 20.1 Å². The zero-order chi connectivity index (χ0) is 20.8. The molecule has 0 atom stereocenters. The molecule has 3 rings (SSSR count). The molecule has 3 aromatic rings. The molecule has 6 nitrogen and oxygen atoms in total. The highest BCUT2D eigenvalue weighted by molar-refractivity contribution is 6.07. The molecule has 7 heteroatoms. The fourth-order valence-electron chi connectivity index (χ4n) is 2.63. The minimum Gasteiger partial charge on any atom is -0.497 e. The van der Waals surface area contributed by atoms with Crippen molar-refractivity contribution in [2.24, 2.45) is 0 Å². The van der Waals surface area contributed by atoms with Crippen molar-refractivity contribution in [2.45, 2.75) is 0 Å². The summed E-state index contributed by atoms with van der Waals surface area (Å²) >= 11 is 0. The highest BCUT2D eigenvalue weighted by Gasteiger charge is 2.11. The lowest BCUT2D eigenvalue weighted by atomic mass is 10.1. The van der Waals surface area contributed by atoms with E-state index in [0.717, 1.165) is 0 Å². The summed E-state index contributed by atoms with van der Waals surface area (Å²) in [6, 6.07) is 16.7. The van der Waals surface area contributed by atoms with E-state index in [-0.39, 0.29) is 5.91 Å². The Morgan fingerprint density at radius 3 is 1.93 bits per heavy atom. The third-order valence-electron chi connectivity index (χ3n) is 4.10. The first-order valence-electron chi connectivity index (χ1n) is 8.70.